The lowest BCUT2D eigenvalue weighted by Crippen LogP contribution is -2.37. The first kappa shape index (κ1) is 14.5. The lowest BCUT2D eigenvalue weighted by Gasteiger charge is -2.21. The maximum atomic E-state index is 12.1. The molecule has 0 aromatic heterocycles. The average molecular weight is 275 g/mol. The minimum absolute atomic E-state index is 0.0461. The first-order valence-corrected chi connectivity index (χ1v) is 6.78. The quantitative estimate of drug-likeness (QED) is 0.878. The van der Waals surface area contributed by atoms with Gasteiger partial charge >= 0.3 is 0 Å². The first-order valence-electron chi connectivity index (χ1n) is 6.78. The lowest BCUT2D eigenvalue weighted by atomic mass is 9.92. The van der Waals surface area contributed by atoms with Crippen molar-refractivity contribution in [1.29, 1.82) is 0 Å². The van der Waals surface area contributed by atoms with E-state index < -0.39 is 5.41 Å². The van der Waals surface area contributed by atoms with Crippen LogP contribution in [0.1, 0.15) is 26.3 Å². The maximum absolute atomic E-state index is 12.1. The van der Waals surface area contributed by atoms with E-state index in [4.69, 9.17) is 5.73 Å². The molecule has 5 nitrogen and oxygen atoms in total. The predicted octanol–water partition coefficient (Wildman–Crippen LogP) is 1.52. The lowest BCUT2D eigenvalue weighted by molar-refractivity contribution is -0.123. The van der Waals surface area contributed by atoms with Gasteiger partial charge in [0.15, 0.2) is 0 Å². The van der Waals surface area contributed by atoms with Gasteiger partial charge in [-0.15, -0.1) is 0 Å². The Morgan fingerprint density at radius 3 is 2.70 bits per heavy atom. The second-order valence-corrected chi connectivity index (χ2v) is 5.81. The summed E-state index contributed by atoms with van der Waals surface area (Å²) in [7, 11) is 0. The van der Waals surface area contributed by atoms with Gasteiger partial charge < -0.3 is 16.0 Å². The van der Waals surface area contributed by atoms with Gasteiger partial charge in [-0.1, -0.05) is 0 Å². The fraction of sp³-hybridized carbons (Fsp3) is 0.467. The third kappa shape index (κ3) is 2.67. The molecule has 0 radical (unpaired) electrons. The van der Waals surface area contributed by atoms with E-state index in [-0.39, 0.29) is 11.8 Å². The molecule has 1 aromatic carbocycles. The summed E-state index contributed by atoms with van der Waals surface area (Å²) in [5.41, 5.74) is 7.78. The van der Waals surface area contributed by atoms with Crippen LogP contribution in [0.4, 0.5) is 11.4 Å². The van der Waals surface area contributed by atoms with Gasteiger partial charge in [0.25, 0.3) is 0 Å². The van der Waals surface area contributed by atoms with E-state index in [0.29, 0.717) is 13.1 Å². The Labute approximate surface area is 119 Å². The number of hydrogen-bond acceptors (Lipinski definition) is 3. The van der Waals surface area contributed by atoms with Crippen molar-refractivity contribution in [3.63, 3.8) is 0 Å². The summed E-state index contributed by atoms with van der Waals surface area (Å²) in [6.45, 7) is 6.19. The van der Waals surface area contributed by atoms with Crippen molar-refractivity contribution in [1.82, 2.24) is 0 Å². The van der Waals surface area contributed by atoms with Gasteiger partial charge in [0.2, 0.25) is 11.8 Å². The number of anilines is 2. The Kier molecular flexibility index (Phi) is 3.81. The first-order chi connectivity index (χ1) is 9.35. The number of nitrogens with one attached hydrogen (secondary N) is 1. The van der Waals surface area contributed by atoms with Gasteiger partial charge in [0.05, 0.1) is 5.41 Å². The van der Waals surface area contributed by atoms with Crippen molar-refractivity contribution in [2.45, 2.75) is 27.2 Å². The van der Waals surface area contributed by atoms with Crippen molar-refractivity contribution in [3.05, 3.63) is 23.8 Å². The summed E-state index contributed by atoms with van der Waals surface area (Å²) >= 11 is 0. The molecule has 0 aliphatic carbocycles. The predicted molar refractivity (Wildman–Crippen MR) is 79.6 cm³/mol. The highest BCUT2D eigenvalue weighted by atomic mass is 16.2. The Hall–Kier alpha value is -1.88. The van der Waals surface area contributed by atoms with Crippen LogP contribution in [0.3, 0.4) is 0 Å². The summed E-state index contributed by atoms with van der Waals surface area (Å²) in [5, 5.41) is 2.88. The second-order valence-electron chi connectivity index (χ2n) is 5.81. The Balaban J connectivity index is 2.18. The highest BCUT2D eigenvalue weighted by Crippen LogP contribution is 2.31. The van der Waals surface area contributed by atoms with Gasteiger partial charge in [0, 0.05) is 31.4 Å². The fourth-order valence-corrected chi connectivity index (χ4v) is 2.20. The van der Waals surface area contributed by atoms with Crippen LogP contribution in [0.25, 0.3) is 0 Å². The van der Waals surface area contributed by atoms with E-state index in [0.717, 1.165) is 23.4 Å². The second kappa shape index (κ2) is 5.25. The normalized spacial score (nSPS) is 14.1. The highest BCUT2D eigenvalue weighted by molar-refractivity contribution is 5.97. The summed E-state index contributed by atoms with van der Waals surface area (Å²) in [5.74, 6) is -0.0498. The van der Waals surface area contributed by atoms with Gasteiger partial charge in [0.1, 0.15) is 0 Å². The average Bonchev–Trinajstić information content (AvgIpc) is 2.81. The smallest absolute Gasteiger partial charge is 0.231 e. The van der Waals surface area contributed by atoms with Gasteiger partial charge in [-0.2, -0.15) is 0 Å². The van der Waals surface area contributed by atoms with Crippen LogP contribution in [0.5, 0.6) is 0 Å². The minimum Gasteiger partial charge on any atom is -0.329 e. The molecule has 20 heavy (non-hydrogen) atoms. The van der Waals surface area contributed by atoms with Crippen LogP contribution >= 0.6 is 0 Å². The zero-order valence-corrected chi connectivity index (χ0v) is 12.2. The molecule has 3 N–H and O–H groups in total. The number of amides is 2. The topological polar surface area (TPSA) is 75.4 Å². The number of fused-ring (bicyclic) bond motifs is 1. The monoisotopic (exact) mass is 275 g/mol. The van der Waals surface area contributed by atoms with E-state index in [1.165, 1.54) is 0 Å². The van der Waals surface area contributed by atoms with Crippen molar-refractivity contribution >= 4 is 23.2 Å². The number of benzene rings is 1. The van der Waals surface area contributed by atoms with Crippen LogP contribution in [0.2, 0.25) is 0 Å². The molecular formula is C15H21N3O2. The molecular weight excluding hydrogens is 254 g/mol. The summed E-state index contributed by atoms with van der Waals surface area (Å²) in [6.07, 6.45) is 0.818. The van der Waals surface area contributed by atoms with Crippen LogP contribution in [-0.2, 0) is 16.0 Å². The van der Waals surface area contributed by atoms with Gasteiger partial charge in [-0.3, -0.25) is 9.59 Å². The minimum atomic E-state index is -0.593. The van der Waals surface area contributed by atoms with E-state index in [1.54, 1.807) is 11.8 Å². The number of nitrogens with zero attached hydrogens (tertiary/aromatic N) is 1. The highest BCUT2D eigenvalue weighted by Gasteiger charge is 2.27. The molecule has 1 heterocycles. The molecule has 0 atom stereocenters. The van der Waals surface area contributed by atoms with Gasteiger partial charge in [-0.05, 0) is 44.0 Å². The molecule has 0 fully saturated rings. The molecule has 2 rings (SSSR count). The third-order valence-corrected chi connectivity index (χ3v) is 3.74. The van der Waals surface area contributed by atoms with Gasteiger partial charge in [-0.25, -0.2) is 0 Å². The van der Waals surface area contributed by atoms with Crippen molar-refractivity contribution < 1.29 is 9.59 Å². The molecule has 108 valence electrons. The Morgan fingerprint density at radius 2 is 2.10 bits per heavy atom. The number of carbonyl (C=O) groups excluding carboxylic acids is 2. The summed E-state index contributed by atoms with van der Waals surface area (Å²) < 4.78 is 0. The molecule has 1 aliphatic rings. The van der Waals surface area contributed by atoms with Crippen molar-refractivity contribution in [2.75, 3.05) is 23.3 Å². The van der Waals surface area contributed by atoms with Crippen LogP contribution in [0.15, 0.2) is 18.2 Å². The molecule has 0 spiro atoms. The SMILES string of the molecule is CC(=O)N1CCc2cc(NC(=O)C(C)(C)CN)ccc21. The number of nitrogens with two attached hydrogens (primary N) is 1. The van der Waals surface area contributed by atoms with Crippen molar-refractivity contribution in [3.8, 4) is 0 Å². The molecule has 1 aromatic rings. The number of rotatable bonds is 3. The van der Waals surface area contributed by atoms with Crippen LogP contribution < -0.4 is 16.0 Å². The zero-order chi connectivity index (χ0) is 14.9. The molecule has 0 saturated carbocycles. The van der Waals surface area contributed by atoms with Crippen molar-refractivity contribution in [2.24, 2.45) is 11.1 Å². The summed E-state index contributed by atoms with van der Waals surface area (Å²) in [6, 6.07) is 5.64. The molecule has 0 unspecified atom stereocenters. The molecule has 2 amide bonds. The zero-order valence-electron chi connectivity index (χ0n) is 12.2. The number of hydrogen-bond donors (Lipinski definition) is 2. The maximum Gasteiger partial charge on any atom is 0.231 e. The van der Waals surface area contributed by atoms with E-state index in [2.05, 4.69) is 5.32 Å². The summed E-state index contributed by atoms with van der Waals surface area (Å²) in [4.78, 5) is 25.3. The van der Waals surface area contributed by atoms with Crippen LogP contribution in [-0.4, -0.2) is 24.9 Å². The van der Waals surface area contributed by atoms with E-state index in [1.807, 2.05) is 32.0 Å². The molecule has 0 bridgehead atoms. The molecule has 1 aliphatic heterocycles. The standard InChI is InChI=1S/C15H21N3O2/c1-10(19)18-7-6-11-8-12(4-5-13(11)18)17-14(20)15(2,3)9-16/h4-5,8H,6-7,9,16H2,1-3H3,(H,17,20). The van der Waals surface area contributed by atoms with Crippen LogP contribution in [0, 0.1) is 5.41 Å². The van der Waals surface area contributed by atoms with E-state index >= 15 is 0 Å². The third-order valence-electron chi connectivity index (χ3n) is 3.74. The molecule has 0 saturated heterocycles. The largest absolute Gasteiger partial charge is 0.329 e. The van der Waals surface area contributed by atoms with E-state index in [9.17, 15) is 9.59 Å². The molecule has 5 heteroatoms. The Morgan fingerprint density at radius 1 is 1.40 bits per heavy atom. The Bertz CT molecular complexity index is 552. The number of carbonyl (C=O) groups is 2. The fourth-order valence-electron chi connectivity index (χ4n) is 2.20.